The number of aromatic amines is 1. The number of rotatable bonds is 2. The first-order valence-corrected chi connectivity index (χ1v) is 7.05. The van der Waals surface area contributed by atoms with E-state index in [1.807, 2.05) is 26.0 Å². The van der Waals surface area contributed by atoms with Crippen molar-refractivity contribution in [3.8, 4) is 6.07 Å². The Labute approximate surface area is 120 Å². The second kappa shape index (κ2) is 4.62. The molecule has 0 fully saturated rings. The highest BCUT2D eigenvalue weighted by Crippen LogP contribution is 2.27. The zero-order valence-electron chi connectivity index (χ0n) is 11.2. The van der Waals surface area contributed by atoms with Gasteiger partial charge < -0.3 is 4.98 Å². The lowest BCUT2D eigenvalue weighted by molar-refractivity contribution is 0.104. The monoisotopic (exact) mass is 280 g/mol. The van der Waals surface area contributed by atoms with Gasteiger partial charge in [0.05, 0.1) is 16.5 Å². The molecule has 2 heterocycles. The fraction of sp³-hybridized carbons (Fsp3) is 0.125. The van der Waals surface area contributed by atoms with Crippen LogP contribution in [0.4, 0.5) is 0 Å². The minimum Gasteiger partial charge on any atom is -0.360 e. The number of benzene rings is 1. The summed E-state index contributed by atoms with van der Waals surface area (Å²) in [6.45, 7) is 4.03. The number of nitriles is 1. The molecule has 20 heavy (non-hydrogen) atoms. The first-order chi connectivity index (χ1) is 9.60. The molecule has 0 amide bonds. The van der Waals surface area contributed by atoms with Crippen LogP contribution >= 0.6 is 11.3 Å². The van der Waals surface area contributed by atoms with Crippen LogP contribution in [0.3, 0.4) is 0 Å². The first-order valence-electron chi connectivity index (χ1n) is 6.23. The van der Waals surface area contributed by atoms with Crippen LogP contribution in [0.5, 0.6) is 0 Å². The molecular weight excluding hydrogens is 268 g/mol. The highest BCUT2D eigenvalue weighted by atomic mass is 32.1. The molecule has 3 rings (SSSR count). The summed E-state index contributed by atoms with van der Waals surface area (Å²) in [4.78, 5) is 17.6. The average Bonchev–Trinajstić information content (AvgIpc) is 3.01. The molecule has 3 nitrogen and oxygen atoms in total. The highest BCUT2D eigenvalue weighted by molar-refractivity contribution is 7.14. The molecule has 0 aliphatic carbocycles. The van der Waals surface area contributed by atoms with E-state index in [1.165, 1.54) is 16.2 Å². The van der Waals surface area contributed by atoms with Crippen molar-refractivity contribution in [2.24, 2.45) is 0 Å². The van der Waals surface area contributed by atoms with Gasteiger partial charge in [-0.2, -0.15) is 5.26 Å². The van der Waals surface area contributed by atoms with Crippen LogP contribution in [0.15, 0.2) is 30.5 Å². The Morgan fingerprint density at radius 1 is 1.30 bits per heavy atom. The molecule has 0 aliphatic heterocycles. The molecule has 0 aliphatic rings. The molecule has 0 saturated heterocycles. The van der Waals surface area contributed by atoms with E-state index >= 15 is 0 Å². The van der Waals surface area contributed by atoms with Crippen LogP contribution in [0.1, 0.15) is 31.2 Å². The number of hydrogen-bond acceptors (Lipinski definition) is 3. The lowest BCUT2D eigenvalue weighted by atomic mass is 10.1. The van der Waals surface area contributed by atoms with Crippen LogP contribution in [0.2, 0.25) is 0 Å². The summed E-state index contributed by atoms with van der Waals surface area (Å²) in [5, 5.41) is 9.75. The number of aromatic nitrogens is 1. The number of carbonyl (C=O) groups is 1. The number of H-pyrrole nitrogens is 1. The number of thiophene rings is 1. The third kappa shape index (κ3) is 1.93. The van der Waals surface area contributed by atoms with Crippen LogP contribution in [-0.2, 0) is 0 Å². The van der Waals surface area contributed by atoms with E-state index in [4.69, 9.17) is 5.26 Å². The molecule has 4 heteroatoms. The molecule has 1 N–H and O–H groups in total. The van der Waals surface area contributed by atoms with Crippen molar-refractivity contribution in [2.75, 3.05) is 0 Å². The van der Waals surface area contributed by atoms with Gasteiger partial charge in [-0.15, -0.1) is 11.3 Å². The highest BCUT2D eigenvalue weighted by Gasteiger charge is 2.17. The van der Waals surface area contributed by atoms with E-state index < -0.39 is 0 Å². The largest absolute Gasteiger partial charge is 0.360 e. The summed E-state index contributed by atoms with van der Waals surface area (Å²) in [5.74, 6) is 0.0298. The zero-order chi connectivity index (χ0) is 14.3. The van der Waals surface area contributed by atoms with Crippen LogP contribution in [0, 0.1) is 25.2 Å². The summed E-state index contributed by atoms with van der Waals surface area (Å²) in [5.41, 5.74) is 3.20. The molecule has 3 aromatic rings. The number of aryl methyl sites for hydroxylation is 2. The molecule has 0 saturated carbocycles. The molecule has 1 aromatic carbocycles. The van der Waals surface area contributed by atoms with Crippen molar-refractivity contribution in [3.63, 3.8) is 0 Å². The van der Waals surface area contributed by atoms with Gasteiger partial charge in [0, 0.05) is 27.5 Å². The van der Waals surface area contributed by atoms with Gasteiger partial charge in [0.2, 0.25) is 5.78 Å². The van der Waals surface area contributed by atoms with Gasteiger partial charge in [0.25, 0.3) is 0 Å². The van der Waals surface area contributed by atoms with E-state index in [2.05, 4.69) is 11.1 Å². The average molecular weight is 280 g/mol. The van der Waals surface area contributed by atoms with Crippen molar-refractivity contribution in [2.45, 2.75) is 13.8 Å². The molecule has 0 unspecified atom stereocenters. The van der Waals surface area contributed by atoms with Crippen molar-refractivity contribution in [1.29, 1.82) is 5.26 Å². The molecule has 98 valence electrons. The summed E-state index contributed by atoms with van der Waals surface area (Å²) in [6, 6.07) is 9.35. The second-order valence-electron chi connectivity index (χ2n) is 4.75. The smallest absolute Gasteiger partial charge is 0.205 e. The minimum atomic E-state index is 0.0298. The van der Waals surface area contributed by atoms with E-state index in [0.717, 1.165) is 21.3 Å². The first kappa shape index (κ1) is 12.6. The molecule has 0 atom stereocenters. The maximum Gasteiger partial charge on any atom is 0.205 e. The van der Waals surface area contributed by atoms with Crippen LogP contribution < -0.4 is 0 Å². The minimum absolute atomic E-state index is 0.0298. The van der Waals surface area contributed by atoms with Gasteiger partial charge in [0.15, 0.2) is 0 Å². The van der Waals surface area contributed by atoms with Crippen LogP contribution in [0.25, 0.3) is 10.9 Å². The third-order valence-corrected chi connectivity index (χ3v) is 4.60. The Balaban J connectivity index is 2.10. The Kier molecular flexibility index (Phi) is 2.92. The Morgan fingerprint density at radius 3 is 2.75 bits per heavy atom. The predicted octanol–water partition coefficient (Wildman–Crippen LogP) is 3.95. The van der Waals surface area contributed by atoms with Gasteiger partial charge in [-0.3, -0.25) is 4.79 Å². The normalized spacial score (nSPS) is 10.7. The Hall–Kier alpha value is -2.38. The second-order valence-corrected chi connectivity index (χ2v) is 6.01. The maximum absolute atomic E-state index is 12.6. The Bertz CT molecular complexity index is 845. The fourth-order valence-electron chi connectivity index (χ4n) is 2.20. The number of nitrogens with zero attached hydrogens (tertiary/aromatic N) is 1. The van der Waals surface area contributed by atoms with Crippen LogP contribution in [-0.4, -0.2) is 10.8 Å². The van der Waals surface area contributed by atoms with E-state index in [-0.39, 0.29) is 5.78 Å². The number of fused-ring (bicyclic) bond motifs is 1. The lowest BCUT2D eigenvalue weighted by Crippen LogP contribution is -1.96. The molecule has 0 spiro atoms. The van der Waals surface area contributed by atoms with E-state index in [9.17, 15) is 4.79 Å². The molecular formula is C16H12N2OS. The molecule has 0 bridgehead atoms. The number of carbonyl (C=O) groups excluding carboxylic acids is 1. The van der Waals surface area contributed by atoms with E-state index in [0.29, 0.717) is 11.1 Å². The summed E-state index contributed by atoms with van der Waals surface area (Å²) >= 11 is 1.52. The predicted molar refractivity (Wildman–Crippen MR) is 80.2 cm³/mol. The van der Waals surface area contributed by atoms with E-state index in [1.54, 1.807) is 18.3 Å². The number of hydrogen-bond donors (Lipinski definition) is 1. The maximum atomic E-state index is 12.6. The molecule has 0 radical (unpaired) electrons. The standard InChI is InChI=1S/C16H12N2OS/c1-9-5-15(20-10(9)2)16(19)13-8-18-14-6-11(7-17)3-4-12(13)14/h3-6,8,18H,1-2H3. The third-order valence-electron chi connectivity index (χ3n) is 3.45. The quantitative estimate of drug-likeness (QED) is 0.723. The SMILES string of the molecule is Cc1cc(C(=O)c2c[nH]c3cc(C#N)ccc23)sc1C. The van der Waals surface area contributed by atoms with Crippen molar-refractivity contribution >= 4 is 28.0 Å². The van der Waals surface area contributed by atoms with Crippen molar-refractivity contribution < 1.29 is 4.79 Å². The summed E-state index contributed by atoms with van der Waals surface area (Å²) in [7, 11) is 0. The fourth-order valence-corrected chi connectivity index (χ4v) is 3.19. The van der Waals surface area contributed by atoms with Gasteiger partial charge in [-0.1, -0.05) is 6.07 Å². The lowest BCUT2D eigenvalue weighted by Gasteiger charge is -1.96. The molecule has 2 aromatic heterocycles. The summed E-state index contributed by atoms with van der Waals surface area (Å²) < 4.78 is 0. The zero-order valence-corrected chi connectivity index (χ0v) is 12.0. The van der Waals surface area contributed by atoms with Crippen molar-refractivity contribution in [3.05, 3.63) is 56.9 Å². The van der Waals surface area contributed by atoms with Gasteiger partial charge in [0.1, 0.15) is 0 Å². The van der Waals surface area contributed by atoms with Gasteiger partial charge >= 0.3 is 0 Å². The topological polar surface area (TPSA) is 56.6 Å². The van der Waals surface area contributed by atoms with Crippen molar-refractivity contribution in [1.82, 2.24) is 4.98 Å². The van der Waals surface area contributed by atoms with Gasteiger partial charge in [-0.05, 0) is 37.6 Å². The number of nitrogens with one attached hydrogen (secondary N) is 1. The number of ketones is 1. The Morgan fingerprint density at radius 2 is 2.10 bits per heavy atom. The van der Waals surface area contributed by atoms with Gasteiger partial charge in [-0.25, -0.2) is 0 Å². The summed E-state index contributed by atoms with van der Waals surface area (Å²) in [6.07, 6.45) is 1.72.